The molecular weight excluding hydrogens is 406 g/mol. The second-order valence-electron chi connectivity index (χ2n) is 6.39. The standard InChI is InChI=1S/C18H13F4N7O/c1-10-6-14(18(20,21)22)29-15(24-10)7-13(26-29)16(30)25-17-23-9-28(27-17)8-11-4-2-3-5-12(11)19/h2-7,9H,8H2,1H3,(H,25,27,30). The molecule has 0 saturated carbocycles. The quantitative estimate of drug-likeness (QED) is 0.514. The summed E-state index contributed by atoms with van der Waals surface area (Å²) in [5, 5.41) is 10.1. The molecule has 0 fully saturated rings. The highest BCUT2D eigenvalue weighted by atomic mass is 19.4. The molecule has 3 aromatic heterocycles. The van der Waals surface area contributed by atoms with Crippen LogP contribution in [0.5, 0.6) is 0 Å². The molecule has 12 heteroatoms. The lowest BCUT2D eigenvalue weighted by atomic mass is 10.2. The lowest BCUT2D eigenvalue weighted by Crippen LogP contribution is -2.16. The SMILES string of the molecule is Cc1cc(C(F)(F)F)n2nc(C(=O)Nc3ncn(Cc4ccccc4F)n3)cc2n1. The molecule has 0 radical (unpaired) electrons. The van der Waals surface area contributed by atoms with Gasteiger partial charge < -0.3 is 0 Å². The van der Waals surface area contributed by atoms with Crippen LogP contribution in [0, 0.1) is 12.7 Å². The molecule has 1 N–H and O–H groups in total. The van der Waals surface area contributed by atoms with E-state index in [4.69, 9.17) is 0 Å². The van der Waals surface area contributed by atoms with Crippen molar-refractivity contribution in [3.8, 4) is 0 Å². The zero-order chi connectivity index (χ0) is 21.5. The molecule has 8 nitrogen and oxygen atoms in total. The maximum atomic E-state index is 13.7. The number of hydrogen-bond acceptors (Lipinski definition) is 5. The van der Waals surface area contributed by atoms with Gasteiger partial charge in [0.15, 0.2) is 11.3 Å². The van der Waals surface area contributed by atoms with E-state index in [1.165, 1.54) is 24.0 Å². The van der Waals surface area contributed by atoms with Crippen LogP contribution in [-0.2, 0) is 12.7 Å². The second-order valence-corrected chi connectivity index (χ2v) is 6.39. The van der Waals surface area contributed by atoms with Crippen LogP contribution >= 0.6 is 0 Å². The first-order valence-electron chi connectivity index (χ1n) is 8.59. The molecule has 4 aromatic rings. The maximum absolute atomic E-state index is 13.7. The summed E-state index contributed by atoms with van der Waals surface area (Å²) in [5.74, 6) is -1.32. The third kappa shape index (κ3) is 3.83. The maximum Gasteiger partial charge on any atom is 0.433 e. The summed E-state index contributed by atoms with van der Waals surface area (Å²) in [6, 6.07) is 8.09. The van der Waals surface area contributed by atoms with Crippen LogP contribution in [0.15, 0.2) is 42.7 Å². The van der Waals surface area contributed by atoms with Crippen molar-refractivity contribution in [3.63, 3.8) is 0 Å². The molecule has 1 aromatic carbocycles. The van der Waals surface area contributed by atoms with Gasteiger partial charge in [0.05, 0.1) is 6.54 Å². The number of anilines is 1. The van der Waals surface area contributed by atoms with Gasteiger partial charge >= 0.3 is 6.18 Å². The number of rotatable bonds is 4. The predicted octanol–water partition coefficient (Wildman–Crippen LogP) is 3.09. The van der Waals surface area contributed by atoms with E-state index in [2.05, 4.69) is 25.5 Å². The number of nitrogens with one attached hydrogen (secondary N) is 1. The highest BCUT2D eigenvalue weighted by molar-refractivity contribution is 6.02. The number of carbonyl (C=O) groups excluding carboxylic acids is 1. The van der Waals surface area contributed by atoms with Gasteiger partial charge in [0.1, 0.15) is 17.8 Å². The normalized spacial score (nSPS) is 11.8. The molecule has 0 spiro atoms. The van der Waals surface area contributed by atoms with Crippen LogP contribution in [0.25, 0.3) is 5.65 Å². The number of carbonyl (C=O) groups is 1. The number of nitrogens with zero attached hydrogens (tertiary/aromatic N) is 6. The van der Waals surface area contributed by atoms with Crippen molar-refractivity contribution < 1.29 is 22.4 Å². The van der Waals surface area contributed by atoms with Crippen molar-refractivity contribution in [2.75, 3.05) is 5.32 Å². The summed E-state index contributed by atoms with van der Waals surface area (Å²) >= 11 is 0. The van der Waals surface area contributed by atoms with Gasteiger partial charge in [0.2, 0.25) is 5.95 Å². The molecule has 154 valence electrons. The fourth-order valence-corrected chi connectivity index (χ4v) is 2.81. The number of alkyl halides is 3. The van der Waals surface area contributed by atoms with Gasteiger partial charge in [0.25, 0.3) is 5.91 Å². The monoisotopic (exact) mass is 419 g/mol. The number of hydrogen-bond donors (Lipinski definition) is 1. The minimum atomic E-state index is -4.67. The molecule has 0 aliphatic heterocycles. The Balaban J connectivity index is 1.55. The Hall–Kier alpha value is -3.83. The van der Waals surface area contributed by atoms with Crippen LogP contribution in [-0.4, -0.2) is 35.3 Å². The van der Waals surface area contributed by atoms with E-state index in [1.807, 2.05) is 0 Å². The third-order valence-corrected chi connectivity index (χ3v) is 4.13. The Morgan fingerprint density at radius 2 is 1.93 bits per heavy atom. The Morgan fingerprint density at radius 1 is 1.17 bits per heavy atom. The third-order valence-electron chi connectivity index (χ3n) is 4.13. The van der Waals surface area contributed by atoms with Crippen LogP contribution in [0.2, 0.25) is 0 Å². The number of amides is 1. The number of benzene rings is 1. The molecule has 4 rings (SSSR count). The highest BCUT2D eigenvalue weighted by Gasteiger charge is 2.35. The summed E-state index contributed by atoms with van der Waals surface area (Å²) in [6.07, 6.45) is -3.38. The fraction of sp³-hybridized carbons (Fsp3) is 0.167. The van der Waals surface area contributed by atoms with E-state index in [-0.39, 0.29) is 29.5 Å². The minimum Gasteiger partial charge on any atom is -0.288 e. The smallest absolute Gasteiger partial charge is 0.288 e. The number of aromatic nitrogens is 6. The van der Waals surface area contributed by atoms with Crippen molar-refractivity contribution in [3.05, 3.63) is 71.2 Å². The summed E-state index contributed by atoms with van der Waals surface area (Å²) < 4.78 is 55.3. The zero-order valence-corrected chi connectivity index (χ0v) is 15.4. The fourth-order valence-electron chi connectivity index (χ4n) is 2.81. The van der Waals surface area contributed by atoms with E-state index >= 15 is 0 Å². The van der Waals surface area contributed by atoms with E-state index in [9.17, 15) is 22.4 Å². The van der Waals surface area contributed by atoms with E-state index in [0.717, 1.165) is 12.1 Å². The van der Waals surface area contributed by atoms with Crippen molar-refractivity contribution in [2.45, 2.75) is 19.6 Å². The van der Waals surface area contributed by atoms with E-state index in [1.54, 1.807) is 18.2 Å². The topological polar surface area (TPSA) is 90.0 Å². The summed E-state index contributed by atoms with van der Waals surface area (Å²) in [5.41, 5.74) is -0.942. The van der Waals surface area contributed by atoms with Gasteiger partial charge in [-0.1, -0.05) is 18.2 Å². The first kappa shape index (κ1) is 19.5. The van der Waals surface area contributed by atoms with Gasteiger partial charge in [-0.15, -0.1) is 5.10 Å². The van der Waals surface area contributed by atoms with Crippen LogP contribution in [0.3, 0.4) is 0 Å². The van der Waals surface area contributed by atoms with Crippen LogP contribution < -0.4 is 5.32 Å². The average molecular weight is 419 g/mol. The lowest BCUT2D eigenvalue weighted by Gasteiger charge is -2.08. The molecule has 0 unspecified atom stereocenters. The first-order chi connectivity index (χ1) is 14.2. The molecule has 30 heavy (non-hydrogen) atoms. The number of fused-ring (bicyclic) bond motifs is 1. The van der Waals surface area contributed by atoms with E-state index < -0.39 is 23.6 Å². The molecule has 0 atom stereocenters. The molecule has 0 aliphatic carbocycles. The van der Waals surface area contributed by atoms with Crippen molar-refractivity contribution in [1.29, 1.82) is 0 Å². The largest absolute Gasteiger partial charge is 0.433 e. The minimum absolute atomic E-state index is 0.0854. The van der Waals surface area contributed by atoms with Gasteiger partial charge in [-0.2, -0.15) is 18.3 Å². The second kappa shape index (κ2) is 7.21. The van der Waals surface area contributed by atoms with Gasteiger partial charge in [-0.05, 0) is 19.1 Å². The molecule has 0 saturated heterocycles. The highest BCUT2D eigenvalue weighted by Crippen LogP contribution is 2.29. The summed E-state index contributed by atoms with van der Waals surface area (Å²) in [7, 11) is 0. The van der Waals surface area contributed by atoms with Gasteiger partial charge in [-0.3, -0.25) is 10.1 Å². The average Bonchev–Trinajstić information content (AvgIpc) is 3.28. The van der Waals surface area contributed by atoms with Crippen molar-refractivity contribution in [1.82, 2.24) is 29.4 Å². The molecule has 0 aliphatic rings. The Kier molecular flexibility index (Phi) is 4.68. The van der Waals surface area contributed by atoms with Crippen LogP contribution in [0.4, 0.5) is 23.5 Å². The molecule has 0 bridgehead atoms. The zero-order valence-electron chi connectivity index (χ0n) is 15.4. The molecule has 3 heterocycles. The van der Waals surface area contributed by atoms with Crippen molar-refractivity contribution >= 4 is 17.5 Å². The Morgan fingerprint density at radius 3 is 2.67 bits per heavy atom. The van der Waals surface area contributed by atoms with Crippen LogP contribution in [0.1, 0.15) is 27.4 Å². The van der Waals surface area contributed by atoms with Gasteiger partial charge in [0, 0.05) is 17.3 Å². The summed E-state index contributed by atoms with van der Waals surface area (Å²) in [4.78, 5) is 20.3. The summed E-state index contributed by atoms with van der Waals surface area (Å²) in [6.45, 7) is 1.50. The lowest BCUT2D eigenvalue weighted by molar-refractivity contribution is -0.142. The van der Waals surface area contributed by atoms with Crippen molar-refractivity contribution in [2.24, 2.45) is 0 Å². The Labute approximate surface area is 166 Å². The van der Waals surface area contributed by atoms with E-state index in [0.29, 0.717) is 10.1 Å². The number of halogens is 4. The molecular formula is C18H13F4N7O. The Bertz CT molecular complexity index is 1250. The predicted molar refractivity (Wildman–Crippen MR) is 96.2 cm³/mol. The van der Waals surface area contributed by atoms with Gasteiger partial charge in [-0.25, -0.2) is 23.6 Å². The number of aryl methyl sites for hydroxylation is 1. The molecule has 1 amide bonds. The first-order valence-corrected chi connectivity index (χ1v) is 8.59.